The lowest BCUT2D eigenvalue weighted by Gasteiger charge is -2.34. The maximum atomic E-state index is 10.0. The molecule has 11 aromatic rings. The smallest absolute Gasteiger partial charge is 0.136 e. The highest BCUT2D eigenvalue weighted by Gasteiger charge is 2.47. The molecule has 0 saturated heterocycles. The van der Waals surface area contributed by atoms with E-state index in [1.165, 1.54) is 4.90 Å². The van der Waals surface area contributed by atoms with Crippen molar-refractivity contribution < 1.29 is 15.4 Å². The van der Waals surface area contributed by atoms with Crippen molar-refractivity contribution in [3.63, 3.8) is 0 Å². The van der Waals surface area contributed by atoms with Crippen LogP contribution >= 0.6 is 0 Å². The lowest BCUT2D eigenvalue weighted by molar-refractivity contribution is 0.669. The van der Waals surface area contributed by atoms with Crippen molar-refractivity contribution in [2.24, 2.45) is 0 Å². The molecule has 12 rings (SSSR count). The van der Waals surface area contributed by atoms with E-state index in [4.69, 9.17) is 4.42 Å². The van der Waals surface area contributed by atoms with Gasteiger partial charge in [-0.05, 0) is 103 Å². The Morgan fingerprint density at radius 3 is 1.64 bits per heavy atom. The van der Waals surface area contributed by atoms with Crippen molar-refractivity contribution in [2.45, 2.75) is 5.41 Å². The minimum atomic E-state index is -0.881. The Kier molecular flexibility index (Phi) is 6.41. The van der Waals surface area contributed by atoms with Gasteiger partial charge in [0.05, 0.1) is 22.1 Å². The van der Waals surface area contributed by atoms with Crippen LogP contribution in [0.2, 0.25) is 0 Å². The van der Waals surface area contributed by atoms with E-state index >= 15 is 0 Å². The van der Waals surface area contributed by atoms with E-state index in [9.17, 15) is 11.0 Å². The van der Waals surface area contributed by atoms with Crippen LogP contribution in [0.25, 0.3) is 66.1 Å². The summed E-state index contributed by atoms with van der Waals surface area (Å²) in [5, 5.41) is 3.05. The fourth-order valence-corrected chi connectivity index (χ4v) is 9.54. The zero-order valence-corrected chi connectivity index (χ0v) is 32.8. The number of rotatable bonds is 7. The van der Waals surface area contributed by atoms with E-state index < -0.39 is 29.6 Å². The monoisotopic (exact) mass is 785 g/mol. The topological polar surface area (TPSA) is 16.4 Å². The third-order valence-electron chi connectivity index (χ3n) is 12.1. The van der Waals surface area contributed by atoms with Gasteiger partial charge in [0, 0.05) is 27.7 Å². The molecule has 1 aliphatic rings. The minimum Gasteiger partial charge on any atom is -0.456 e. The molecule has 0 spiro atoms. The first-order valence-corrected chi connectivity index (χ1v) is 20.4. The maximum absolute atomic E-state index is 10.0. The fraction of sp³-hybridized carbons (Fsp3) is 0.0169. The number of para-hydroxylation sites is 1. The van der Waals surface area contributed by atoms with E-state index in [0.717, 1.165) is 44.0 Å². The van der Waals surface area contributed by atoms with Gasteiger partial charge in [-0.15, -0.1) is 0 Å². The Morgan fingerprint density at radius 2 is 0.902 bits per heavy atom. The van der Waals surface area contributed by atoms with Crippen molar-refractivity contribution in [2.75, 3.05) is 4.90 Å². The molecular formula is C59H39NO. The molecule has 1 aromatic heterocycles. The maximum Gasteiger partial charge on any atom is 0.136 e. The molecule has 10 aromatic carbocycles. The summed E-state index contributed by atoms with van der Waals surface area (Å²) in [5.41, 5.74) is 6.67. The van der Waals surface area contributed by atoms with E-state index in [1.807, 2.05) is 133 Å². The number of anilines is 3. The van der Waals surface area contributed by atoms with Gasteiger partial charge in [0.1, 0.15) is 11.2 Å². The lowest BCUT2D eigenvalue weighted by Crippen LogP contribution is -2.28. The molecule has 0 N–H and O–H groups in total. The first-order chi connectivity index (χ1) is 33.6. The van der Waals surface area contributed by atoms with Crippen LogP contribution in [0.3, 0.4) is 0 Å². The normalized spacial score (nSPS) is 14.6. The van der Waals surface area contributed by atoms with Gasteiger partial charge in [-0.25, -0.2) is 0 Å². The molecule has 0 fully saturated rings. The van der Waals surface area contributed by atoms with Gasteiger partial charge in [-0.2, -0.15) is 0 Å². The van der Waals surface area contributed by atoms with Crippen LogP contribution in [0.15, 0.2) is 241 Å². The second-order valence-corrected chi connectivity index (χ2v) is 15.3. The quantitative estimate of drug-likeness (QED) is 0.160. The van der Waals surface area contributed by atoms with Gasteiger partial charge >= 0.3 is 0 Å². The summed E-state index contributed by atoms with van der Waals surface area (Å²) >= 11 is 0. The van der Waals surface area contributed by atoms with E-state index in [1.54, 1.807) is 18.2 Å². The first-order valence-electron chi connectivity index (χ1n) is 24.4. The molecule has 2 heteroatoms. The van der Waals surface area contributed by atoms with Crippen molar-refractivity contribution in [1.82, 2.24) is 0 Å². The van der Waals surface area contributed by atoms with Crippen LogP contribution in [0.5, 0.6) is 0 Å². The number of hydrogen-bond acceptors (Lipinski definition) is 2. The van der Waals surface area contributed by atoms with E-state index in [-0.39, 0.29) is 46.7 Å². The summed E-state index contributed by atoms with van der Waals surface area (Å²) in [4.78, 5) is 1.45. The molecule has 0 radical (unpaired) electrons. The largest absolute Gasteiger partial charge is 0.456 e. The zero-order chi connectivity index (χ0) is 47.3. The average Bonchev–Trinajstić information content (AvgIpc) is 3.92. The first kappa shape index (κ1) is 27.7. The van der Waals surface area contributed by atoms with Crippen LogP contribution in [0.1, 0.15) is 33.2 Å². The highest BCUT2D eigenvalue weighted by molar-refractivity contribution is 6.12. The van der Waals surface area contributed by atoms with Crippen molar-refractivity contribution >= 4 is 49.8 Å². The molecule has 0 bridgehead atoms. The summed E-state index contributed by atoms with van der Waals surface area (Å²) < 4.78 is 85.3. The summed E-state index contributed by atoms with van der Waals surface area (Å²) in [7, 11) is 0. The van der Waals surface area contributed by atoms with Crippen LogP contribution in [-0.2, 0) is 5.41 Å². The summed E-state index contributed by atoms with van der Waals surface area (Å²) in [6.45, 7) is 0. The number of fused-ring (bicyclic) bond motifs is 7. The number of benzene rings is 10. The van der Waals surface area contributed by atoms with Gasteiger partial charge < -0.3 is 9.32 Å². The van der Waals surface area contributed by atoms with Crippen molar-refractivity contribution in [1.29, 1.82) is 0 Å². The predicted molar refractivity (Wildman–Crippen MR) is 254 cm³/mol. The molecule has 0 atom stereocenters. The molecule has 0 saturated carbocycles. The second kappa shape index (κ2) is 14.1. The lowest BCUT2D eigenvalue weighted by atomic mass is 9.68. The van der Waals surface area contributed by atoms with E-state index in [0.29, 0.717) is 38.9 Å². The van der Waals surface area contributed by atoms with E-state index in [2.05, 4.69) is 36.4 Å². The average molecular weight is 786 g/mol. The summed E-state index contributed by atoms with van der Waals surface area (Å²) in [6.07, 6.45) is 0. The molecule has 2 nitrogen and oxygen atoms in total. The third-order valence-corrected chi connectivity index (χ3v) is 12.1. The van der Waals surface area contributed by atoms with Crippen molar-refractivity contribution in [3.8, 4) is 33.4 Å². The molecule has 1 aliphatic carbocycles. The molecule has 1 heterocycles. The highest BCUT2D eigenvalue weighted by Crippen LogP contribution is 2.59. The Morgan fingerprint density at radius 1 is 0.393 bits per heavy atom. The molecule has 0 aliphatic heterocycles. The predicted octanol–water partition coefficient (Wildman–Crippen LogP) is 15.9. The molecular weight excluding hydrogens is 739 g/mol. The zero-order valence-electron chi connectivity index (χ0n) is 40.8. The number of nitrogens with zero attached hydrogens (tertiary/aromatic N) is 1. The minimum absolute atomic E-state index is 0.0625. The Balaban J connectivity index is 1.20. The number of furan rings is 1. The standard InChI is InChI=1S/C59H39NO/c1-3-18-43(19-4-1)59(44-20-5-2-6-21-44)52-27-11-9-23-50(52)58-53(59)28-15-29-54(58)60(45-36-32-41(33-37-45)48-25-13-17-40-16-7-8-22-47(40)48)46-38-34-42(35-39-46)49-26-14-31-56-57(49)51-24-10-12-30-55(51)61-56/h1-39H/i32D,33D,34D,35D,36D,37D,38D,39D. The third kappa shape index (κ3) is 5.43. The van der Waals surface area contributed by atoms with Gasteiger partial charge in [0.15, 0.2) is 0 Å². The van der Waals surface area contributed by atoms with Gasteiger partial charge in [0.2, 0.25) is 0 Å². The molecule has 0 unspecified atom stereocenters. The van der Waals surface area contributed by atoms with Crippen molar-refractivity contribution in [3.05, 3.63) is 259 Å². The summed E-state index contributed by atoms with van der Waals surface area (Å²) in [6, 6.07) is 57.3. The fourth-order valence-electron chi connectivity index (χ4n) is 9.54. The molecule has 286 valence electrons. The number of hydrogen-bond donors (Lipinski definition) is 0. The van der Waals surface area contributed by atoms with Gasteiger partial charge in [-0.1, -0.05) is 194 Å². The Hall–Kier alpha value is -7.94. The highest BCUT2D eigenvalue weighted by atomic mass is 16.3. The SMILES string of the molecule is [2H]c1c([2H])c(N(c2cccc3c2-c2ccccc2C3(c2ccccc2)c2ccccc2)c2c([2H])c([2H])c(-c3cccc4oc5ccccc5c34)c([2H])c2[2H])c([2H])c([2H])c1-c1cccc2ccccc12. The molecule has 61 heavy (non-hydrogen) atoms. The summed E-state index contributed by atoms with van der Waals surface area (Å²) in [5.74, 6) is 0. The van der Waals surface area contributed by atoms with Crippen LogP contribution in [0, 0.1) is 0 Å². The van der Waals surface area contributed by atoms with Gasteiger partial charge in [-0.3, -0.25) is 0 Å². The second-order valence-electron chi connectivity index (χ2n) is 15.3. The van der Waals surface area contributed by atoms with Crippen LogP contribution < -0.4 is 4.90 Å². The van der Waals surface area contributed by atoms with Gasteiger partial charge in [0.25, 0.3) is 0 Å². The Labute approximate surface area is 366 Å². The van der Waals surface area contributed by atoms with Crippen LogP contribution in [0.4, 0.5) is 17.1 Å². The Bertz CT molecular complexity index is 3800. The molecule has 0 amide bonds. The van der Waals surface area contributed by atoms with Crippen LogP contribution in [-0.4, -0.2) is 0 Å².